The number of hydrogen-bond donors (Lipinski definition) is 3. The number of nitrogens with one attached hydrogen (secondary N) is 2. The second-order valence-electron chi connectivity index (χ2n) is 4.86. The summed E-state index contributed by atoms with van der Waals surface area (Å²) in [5.74, 6) is 0.478. The molecule has 0 heterocycles. The highest BCUT2D eigenvalue weighted by Gasteiger charge is 2.16. The van der Waals surface area contributed by atoms with E-state index < -0.39 is 10.0 Å². The zero-order valence-corrected chi connectivity index (χ0v) is 13.0. The third-order valence-electron chi connectivity index (χ3n) is 2.58. The fourth-order valence-electron chi connectivity index (χ4n) is 1.59. The van der Waals surface area contributed by atoms with Crippen LogP contribution in [0, 0.1) is 5.92 Å². The molecule has 0 fully saturated rings. The molecule has 0 aliphatic carbocycles. The minimum Gasteiger partial charge on any atom is -0.399 e. The minimum absolute atomic E-state index is 0.142. The molecule has 0 aliphatic rings. The molecule has 114 valence electrons. The van der Waals surface area contributed by atoms with Gasteiger partial charge in [-0.05, 0) is 31.2 Å². The third-order valence-corrected chi connectivity index (χ3v) is 4.03. The predicted molar refractivity (Wildman–Crippen MR) is 81.2 cm³/mol. The Labute approximate surface area is 120 Å². The van der Waals surface area contributed by atoms with Gasteiger partial charge in [-0.3, -0.25) is 0 Å². The van der Waals surface area contributed by atoms with Crippen LogP contribution in [0.1, 0.15) is 13.8 Å². The number of hydrogen-bond acceptors (Lipinski definition) is 5. The van der Waals surface area contributed by atoms with E-state index in [0.717, 1.165) is 0 Å². The first-order valence-electron chi connectivity index (χ1n) is 6.51. The molecule has 1 aromatic carbocycles. The van der Waals surface area contributed by atoms with Gasteiger partial charge in [-0.1, -0.05) is 13.8 Å². The number of benzene rings is 1. The van der Waals surface area contributed by atoms with Gasteiger partial charge in [-0.2, -0.15) is 0 Å². The third kappa shape index (κ3) is 4.99. The van der Waals surface area contributed by atoms with Crippen LogP contribution < -0.4 is 15.8 Å². The lowest BCUT2D eigenvalue weighted by Gasteiger charge is -2.13. The van der Waals surface area contributed by atoms with Crippen LogP contribution >= 0.6 is 0 Å². The number of nitrogen functional groups attached to an aromatic ring is 1. The number of anilines is 2. The maximum absolute atomic E-state index is 11.9. The molecule has 1 aromatic rings. The first kappa shape index (κ1) is 16.7. The van der Waals surface area contributed by atoms with Crippen LogP contribution in [-0.2, 0) is 14.8 Å². The average Bonchev–Trinajstić information content (AvgIpc) is 2.39. The van der Waals surface area contributed by atoms with Crippen molar-refractivity contribution in [3.8, 4) is 0 Å². The number of sulfonamides is 1. The normalized spacial score (nSPS) is 11.8. The maximum atomic E-state index is 11.9. The molecule has 0 bridgehead atoms. The van der Waals surface area contributed by atoms with Gasteiger partial charge in [-0.25, -0.2) is 13.1 Å². The summed E-state index contributed by atoms with van der Waals surface area (Å²) in [6.45, 7) is 5.88. The summed E-state index contributed by atoms with van der Waals surface area (Å²) in [7, 11) is -2.17. The van der Waals surface area contributed by atoms with Crippen molar-refractivity contribution >= 4 is 21.4 Å². The van der Waals surface area contributed by atoms with Crippen molar-refractivity contribution in [2.24, 2.45) is 5.92 Å². The number of rotatable bonds is 8. The topological polar surface area (TPSA) is 93.5 Å². The van der Waals surface area contributed by atoms with E-state index in [1.165, 1.54) is 13.1 Å². The highest BCUT2D eigenvalue weighted by molar-refractivity contribution is 7.89. The summed E-state index contributed by atoms with van der Waals surface area (Å²) in [6.07, 6.45) is 0. The van der Waals surface area contributed by atoms with Gasteiger partial charge in [0.25, 0.3) is 0 Å². The molecule has 0 unspecified atom stereocenters. The molecule has 0 saturated carbocycles. The van der Waals surface area contributed by atoms with Crippen molar-refractivity contribution in [3.63, 3.8) is 0 Å². The fraction of sp³-hybridized carbons (Fsp3) is 0.538. The molecule has 0 amide bonds. The van der Waals surface area contributed by atoms with Crippen molar-refractivity contribution < 1.29 is 13.2 Å². The second-order valence-corrected chi connectivity index (χ2v) is 6.71. The molecule has 20 heavy (non-hydrogen) atoms. The fourth-order valence-corrected chi connectivity index (χ4v) is 2.54. The Bertz CT molecular complexity index is 530. The first-order valence-corrected chi connectivity index (χ1v) is 8.00. The van der Waals surface area contributed by atoms with E-state index in [9.17, 15) is 8.42 Å². The zero-order valence-electron chi connectivity index (χ0n) is 12.1. The van der Waals surface area contributed by atoms with E-state index >= 15 is 0 Å². The molecule has 0 aliphatic heterocycles. The van der Waals surface area contributed by atoms with Gasteiger partial charge in [0.15, 0.2) is 0 Å². The molecule has 7 heteroatoms. The van der Waals surface area contributed by atoms with Crippen LogP contribution in [0.25, 0.3) is 0 Å². The first-order chi connectivity index (χ1) is 9.36. The van der Waals surface area contributed by atoms with Crippen molar-refractivity contribution in [1.29, 1.82) is 0 Å². The van der Waals surface area contributed by atoms with Crippen molar-refractivity contribution in [3.05, 3.63) is 18.2 Å². The number of ether oxygens (including phenoxy) is 1. The van der Waals surface area contributed by atoms with Gasteiger partial charge in [-0.15, -0.1) is 0 Å². The zero-order chi connectivity index (χ0) is 15.2. The Hall–Kier alpha value is -1.31. The van der Waals surface area contributed by atoms with E-state index in [4.69, 9.17) is 10.5 Å². The summed E-state index contributed by atoms with van der Waals surface area (Å²) in [6, 6.07) is 4.75. The molecule has 0 spiro atoms. The van der Waals surface area contributed by atoms with Crippen molar-refractivity contribution in [1.82, 2.24) is 4.72 Å². The maximum Gasteiger partial charge on any atom is 0.242 e. The molecule has 6 nitrogen and oxygen atoms in total. The Morgan fingerprint density at radius 3 is 2.65 bits per heavy atom. The SMILES string of the molecule is CNS(=O)(=O)c1cc(N)ccc1NCCOCC(C)C. The molecule has 0 saturated heterocycles. The molecular weight excluding hydrogens is 278 g/mol. The Morgan fingerprint density at radius 2 is 2.05 bits per heavy atom. The molecular formula is C13H23N3O3S. The van der Waals surface area contributed by atoms with Crippen LogP contribution in [0.15, 0.2) is 23.1 Å². The second kappa shape index (κ2) is 7.47. The lowest BCUT2D eigenvalue weighted by molar-refractivity contribution is 0.118. The largest absolute Gasteiger partial charge is 0.399 e. The Balaban J connectivity index is 2.71. The summed E-state index contributed by atoms with van der Waals surface area (Å²) >= 11 is 0. The molecule has 4 N–H and O–H groups in total. The van der Waals surface area contributed by atoms with E-state index in [1.807, 2.05) is 0 Å². The van der Waals surface area contributed by atoms with Gasteiger partial charge >= 0.3 is 0 Å². The smallest absolute Gasteiger partial charge is 0.242 e. The van der Waals surface area contributed by atoms with Crippen LogP contribution in [-0.4, -0.2) is 35.2 Å². The molecule has 1 rings (SSSR count). The Kier molecular flexibility index (Phi) is 6.25. The lowest BCUT2D eigenvalue weighted by Crippen LogP contribution is -2.21. The van der Waals surface area contributed by atoms with Crippen LogP contribution in [0.4, 0.5) is 11.4 Å². The minimum atomic E-state index is -3.54. The highest BCUT2D eigenvalue weighted by Crippen LogP contribution is 2.23. The quantitative estimate of drug-likeness (QED) is 0.496. The van der Waals surface area contributed by atoms with Gasteiger partial charge in [0.05, 0.1) is 12.3 Å². The monoisotopic (exact) mass is 301 g/mol. The Morgan fingerprint density at radius 1 is 1.35 bits per heavy atom. The standard InChI is InChI=1S/C13H23N3O3S/c1-10(2)9-19-7-6-16-12-5-4-11(14)8-13(12)20(17,18)15-3/h4-5,8,10,15-16H,6-7,9,14H2,1-3H3. The van der Waals surface area contributed by atoms with Crippen molar-refractivity contribution in [2.75, 3.05) is 37.9 Å². The lowest BCUT2D eigenvalue weighted by atomic mass is 10.2. The molecule has 0 radical (unpaired) electrons. The van der Waals surface area contributed by atoms with Gasteiger partial charge in [0.1, 0.15) is 4.90 Å². The van der Waals surface area contributed by atoms with Crippen LogP contribution in [0.3, 0.4) is 0 Å². The van der Waals surface area contributed by atoms with Gasteiger partial charge in [0.2, 0.25) is 10.0 Å². The van der Waals surface area contributed by atoms with Gasteiger partial charge in [0, 0.05) is 18.8 Å². The van der Waals surface area contributed by atoms with Crippen LogP contribution in [0.5, 0.6) is 0 Å². The van der Waals surface area contributed by atoms with E-state index in [1.54, 1.807) is 12.1 Å². The summed E-state index contributed by atoms with van der Waals surface area (Å²) in [4.78, 5) is 0.142. The molecule has 0 aromatic heterocycles. The summed E-state index contributed by atoms with van der Waals surface area (Å²) in [5, 5.41) is 3.05. The van der Waals surface area contributed by atoms with Crippen molar-refractivity contribution in [2.45, 2.75) is 18.7 Å². The average molecular weight is 301 g/mol. The summed E-state index contributed by atoms with van der Waals surface area (Å²) < 4.78 is 31.6. The van der Waals surface area contributed by atoms with E-state index in [2.05, 4.69) is 23.9 Å². The predicted octanol–water partition coefficient (Wildman–Crippen LogP) is 1.26. The molecule has 0 atom stereocenters. The highest BCUT2D eigenvalue weighted by atomic mass is 32.2. The van der Waals surface area contributed by atoms with Crippen LogP contribution in [0.2, 0.25) is 0 Å². The van der Waals surface area contributed by atoms with E-state index in [0.29, 0.717) is 37.1 Å². The van der Waals surface area contributed by atoms with E-state index in [-0.39, 0.29) is 4.90 Å². The van der Waals surface area contributed by atoms with Gasteiger partial charge < -0.3 is 15.8 Å². The number of nitrogens with two attached hydrogens (primary N) is 1. The summed E-state index contributed by atoms with van der Waals surface area (Å²) in [5.41, 5.74) is 6.56.